The Morgan fingerprint density at radius 1 is 1.71 bits per heavy atom. The van der Waals surface area contributed by atoms with Crippen LogP contribution in [0.15, 0.2) is 17.3 Å². The Kier molecular flexibility index (Phi) is 2.88. The van der Waals surface area contributed by atoms with Crippen LogP contribution in [0.25, 0.3) is 11.0 Å². The molecule has 0 saturated heterocycles. The van der Waals surface area contributed by atoms with E-state index in [2.05, 4.69) is 15.1 Å². The van der Waals surface area contributed by atoms with Gasteiger partial charge in [-0.2, -0.15) is 5.10 Å². The molecular weight excluding hydrogens is 226 g/mol. The number of ether oxygens (including phenoxy) is 1. The monoisotopic (exact) mass is 237 g/mol. The zero-order valence-electron chi connectivity index (χ0n) is 9.08. The van der Waals surface area contributed by atoms with E-state index in [1.54, 1.807) is 0 Å². The number of aromatic amines is 1. The SMILES string of the molecule is CC(N)C(=O)OCn1ncc2c(=O)[nH]cnc21. The quantitative estimate of drug-likeness (QED) is 0.659. The first-order valence-corrected chi connectivity index (χ1v) is 4.91. The van der Waals surface area contributed by atoms with Crippen molar-refractivity contribution in [3.63, 3.8) is 0 Å². The molecule has 2 rings (SSSR count). The van der Waals surface area contributed by atoms with E-state index in [1.807, 2.05) is 0 Å². The van der Waals surface area contributed by atoms with Crippen molar-refractivity contribution in [2.75, 3.05) is 0 Å². The Labute approximate surface area is 95.4 Å². The summed E-state index contributed by atoms with van der Waals surface area (Å²) < 4.78 is 6.19. The second kappa shape index (κ2) is 4.34. The van der Waals surface area contributed by atoms with Crippen LogP contribution in [0.3, 0.4) is 0 Å². The minimum absolute atomic E-state index is 0.125. The van der Waals surface area contributed by atoms with Gasteiger partial charge in [-0.1, -0.05) is 0 Å². The molecule has 2 aromatic rings. The number of nitrogens with zero attached hydrogens (tertiary/aromatic N) is 3. The molecule has 8 nitrogen and oxygen atoms in total. The zero-order valence-corrected chi connectivity index (χ0v) is 9.08. The Hall–Kier alpha value is -2.22. The third kappa shape index (κ3) is 2.16. The predicted molar refractivity (Wildman–Crippen MR) is 57.9 cm³/mol. The summed E-state index contributed by atoms with van der Waals surface area (Å²) in [6.07, 6.45) is 2.62. The molecule has 2 aromatic heterocycles. The van der Waals surface area contributed by atoms with Crippen molar-refractivity contribution >= 4 is 17.0 Å². The fourth-order valence-corrected chi connectivity index (χ4v) is 1.26. The molecule has 2 heterocycles. The maximum absolute atomic E-state index is 11.4. The number of esters is 1. The van der Waals surface area contributed by atoms with Crippen LogP contribution in [-0.4, -0.2) is 31.8 Å². The summed E-state index contributed by atoms with van der Waals surface area (Å²) in [5, 5.41) is 4.24. The number of carbonyl (C=O) groups is 1. The molecule has 0 spiro atoms. The van der Waals surface area contributed by atoms with Gasteiger partial charge in [-0.15, -0.1) is 0 Å². The van der Waals surface area contributed by atoms with Crippen LogP contribution in [-0.2, 0) is 16.3 Å². The van der Waals surface area contributed by atoms with Gasteiger partial charge in [0.1, 0.15) is 11.4 Å². The van der Waals surface area contributed by atoms with Crippen LogP contribution in [0, 0.1) is 0 Å². The van der Waals surface area contributed by atoms with Gasteiger partial charge < -0.3 is 15.5 Å². The van der Waals surface area contributed by atoms with Crippen LogP contribution in [0.5, 0.6) is 0 Å². The molecule has 0 aliphatic heterocycles. The van der Waals surface area contributed by atoms with E-state index in [0.717, 1.165) is 0 Å². The molecule has 0 saturated carbocycles. The molecule has 90 valence electrons. The average Bonchev–Trinajstić information content (AvgIpc) is 2.70. The fraction of sp³-hybridized carbons (Fsp3) is 0.333. The summed E-state index contributed by atoms with van der Waals surface area (Å²) in [5.74, 6) is -0.543. The lowest BCUT2D eigenvalue weighted by atomic mass is 10.4. The zero-order chi connectivity index (χ0) is 12.4. The largest absolute Gasteiger partial charge is 0.441 e. The highest BCUT2D eigenvalue weighted by Gasteiger charge is 2.11. The Morgan fingerprint density at radius 2 is 2.47 bits per heavy atom. The van der Waals surface area contributed by atoms with Gasteiger partial charge >= 0.3 is 5.97 Å². The van der Waals surface area contributed by atoms with E-state index < -0.39 is 12.0 Å². The molecule has 0 radical (unpaired) electrons. The molecule has 0 aliphatic rings. The standard InChI is InChI=1S/C9H11N5O3/c1-5(10)9(16)17-4-14-7-6(2-13-14)8(15)12-3-11-7/h2-3,5H,4,10H2,1H3,(H,11,12,15). The first-order chi connectivity index (χ1) is 8.09. The maximum Gasteiger partial charge on any atom is 0.324 e. The van der Waals surface area contributed by atoms with Gasteiger partial charge in [0.25, 0.3) is 5.56 Å². The smallest absolute Gasteiger partial charge is 0.324 e. The fourth-order valence-electron chi connectivity index (χ4n) is 1.26. The molecule has 1 atom stereocenters. The summed E-state index contributed by atoms with van der Waals surface area (Å²) >= 11 is 0. The molecule has 0 fully saturated rings. The second-order valence-electron chi connectivity index (χ2n) is 3.49. The van der Waals surface area contributed by atoms with Gasteiger partial charge in [-0.3, -0.25) is 9.59 Å². The highest BCUT2D eigenvalue weighted by Crippen LogP contribution is 2.04. The molecule has 0 amide bonds. The third-order valence-corrected chi connectivity index (χ3v) is 2.14. The number of nitrogens with two attached hydrogens (primary N) is 1. The van der Waals surface area contributed by atoms with Gasteiger partial charge in [0.15, 0.2) is 12.4 Å². The van der Waals surface area contributed by atoms with Crippen LogP contribution in [0.4, 0.5) is 0 Å². The maximum atomic E-state index is 11.4. The van der Waals surface area contributed by atoms with E-state index in [0.29, 0.717) is 11.0 Å². The van der Waals surface area contributed by atoms with Gasteiger partial charge in [0.05, 0.1) is 12.5 Å². The molecular formula is C9H11N5O3. The molecule has 0 aromatic carbocycles. The number of nitrogens with one attached hydrogen (secondary N) is 1. The molecule has 3 N–H and O–H groups in total. The lowest BCUT2D eigenvalue weighted by Crippen LogP contribution is -2.29. The van der Waals surface area contributed by atoms with Gasteiger partial charge in [0.2, 0.25) is 0 Å². The molecule has 0 bridgehead atoms. The van der Waals surface area contributed by atoms with Crippen LogP contribution in [0.2, 0.25) is 0 Å². The van der Waals surface area contributed by atoms with Crippen molar-refractivity contribution in [2.24, 2.45) is 5.73 Å². The normalized spacial score (nSPS) is 12.6. The number of fused-ring (bicyclic) bond motifs is 1. The van der Waals surface area contributed by atoms with E-state index in [-0.39, 0.29) is 12.3 Å². The summed E-state index contributed by atoms with van der Waals surface area (Å²) in [5.41, 5.74) is 5.40. The Morgan fingerprint density at radius 3 is 3.18 bits per heavy atom. The average molecular weight is 237 g/mol. The van der Waals surface area contributed by atoms with Crippen molar-refractivity contribution < 1.29 is 9.53 Å². The van der Waals surface area contributed by atoms with E-state index in [4.69, 9.17) is 10.5 Å². The minimum atomic E-state index is -0.701. The van der Waals surface area contributed by atoms with Gasteiger partial charge in [0, 0.05) is 0 Å². The summed E-state index contributed by atoms with van der Waals surface area (Å²) in [7, 11) is 0. The van der Waals surface area contributed by atoms with Crippen LogP contribution in [0.1, 0.15) is 6.92 Å². The Bertz CT molecular complexity index is 600. The molecule has 17 heavy (non-hydrogen) atoms. The Balaban J connectivity index is 2.23. The second-order valence-corrected chi connectivity index (χ2v) is 3.49. The highest BCUT2D eigenvalue weighted by molar-refractivity contribution is 5.75. The van der Waals surface area contributed by atoms with Crippen molar-refractivity contribution in [1.29, 1.82) is 0 Å². The topological polar surface area (TPSA) is 116 Å². The number of hydrogen-bond acceptors (Lipinski definition) is 6. The first-order valence-electron chi connectivity index (χ1n) is 4.91. The van der Waals surface area contributed by atoms with Crippen molar-refractivity contribution in [3.8, 4) is 0 Å². The van der Waals surface area contributed by atoms with Crippen LogP contribution < -0.4 is 11.3 Å². The number of hydrogen-bond donors (Lipinski definition) is 2. The highest BCUT2D eigenvalue weighted by atomic mass is 16.5. The van der Waals surface area contributed by atoms with Crippen LogP contribution >= 0.6 is 0 Å². The third-order valence-electron chi connectivity index (χ3n) is 2.14. The van der Waals surface area contributed by atoms with E-state index in [1.165, 1.54) is 24.1 Å². The molecule has 8 heteroatoms. The van der Waals surface area contributed by atoms with Crippen molar-refractivity contribution in [3.05, 3.63) is 22.9 Å². The summed E-state index contributed by atoms with van der Waals surface area (Å²) in [6.45, 7) is 1.40. The number of aromatic nitrogens is 4. The summed E-state index contributed by atoms with van der Waals surface area (Å²) in [4.78, 5) is 28.9. The number of rotatable bonds is 3. The molecule has 0 aliphatic carbocycles. The van der Waals surface area contributed by atoms with Crippen molar-refractivity contribution in [1.82, 2.24) is 19.7 Å². The van der Waals surface area contributed by atoms with E-state index >= 15 is 0 Å². The number of H-pyrrole nitrogens is 1. The lowest BCUT2D eigenvalue weighted by Gasteiger charge is -2.07. The predicted octanol–water partition coefficient (Wildman–Crippen LogP) is -1.03. The summed E-state index contributed by atoms with van der Waals surface area (Å²) in [6, 6.07) is -0.701. The lowest BCUT2D eigenvalue weighted by molar-refractivity contribution is -0.148. The van der Waals surface area contributed by atoms with Crippen molar-refractivity contribution in [2.45, 2.75) is 19.7 Å². The number of carbonyl (C=O) groups excluding carboxylic acids is 1. The minimum Gasteiger partial charge on any atom is -0.441 e. The van der Waals surface area contributed by atoms with E-state index in [9.17, 15) is 9.59 Å². The molecule has 1 unspecified atom stereocenters. The van der Waals surface area contributed by atoms with Gasteiger partial charge in [-0.05, 0) is 6.92 Å². The first kappa shape index (κ1) is 11.3. The van der Waals surface area contributed by atoms with Gasteiger partial charge in [-0.25, -0.2) is 9.67 Å².